The third-order valence-corrected chi connectivity index (χ3v) is 3.02. The minimum atomic E-state index is -1.57. The van der Waals surface area contributed by atoms with Crippen molar-refractivity contribution in [2.45, 2.75) is 6.92 Å². The van der Waals surface area contributed by atoms with Gasteiger partial charge in [-0.25, -0.2) is 22.9 Å². The molecule has 20 heavy (non-hydrogen) atoms. The summed E-state index contributed by atoms with van der Waals surface area (Å²) in [6.45, 7) is 1.86. The molecule has 0 unspecified atom stereocenters. The maximum atomic E-state index is 13.4. The summed E-state index contributed by atoms with van der Waals surface area (Å²) in [5.74, 6) is -4.81. The molecule has 1 heterocycles. The molecule has 8 heteroatoms. The van der Waals surface area contributed by atoms with E-state index in [9.17, 15) is 18.0 Å². The smallest absolute Gasteiger partial charge is 0.357 e. The van der Waals surface area contributed by atoms with Gasteiger partial charge in [0.2, 0.25) is 0 Å². The zero-order chi connectivity index (χ0) is 14.7. The summed E-state index contributed by atoms with van der Waals surface area (Å²) in [6, 6.07) is 1.83. The normalized spacial score (nSPS) is 10.4. The van der Waals surface area contributed by atoms with Crippen molar-refractivity contribution in [3.05, 3.63) is 40.7 Å². The van der Waals surface area contributed by atoms with E-state index in [1.165, 1.54) is 5.38 Å². The first-order valence-corrected chi connectivity index (χ1v) is 6.44. The molecule has 1 N–H and O–H groups in total. The predicted octanol–water partition coefficient (Wildman–Crippen LogP) is 3.48. The summed E-state index contributed by atoms with van der Waals surface area (Å²) >= 11 is 1.01. The lowest BCUT2D eigenvalue weighted by atomic mass is 10.3. The summed E-state index contributed by atoms with van der Waals surface area (Å²) < 4.78 is 44.0. The molecule has 0 saturated heterocycles. The topological polar surface area (TPSA) is 51.2 Å². The Morgan fingerprint density at radius 1 is 1.35 bits per heavy atom. The largest absolute Gasteiger partial charge is 0.461 e. The van der Waals surface area contributed by atoms with Crippen LogP contribution in [-0.4, -0.2) is 17.6 Å². The van der Waals surface area contributed by atoms with Crippen molar-refractivity contribution >= 4 is 28.1 Å². The average molecular weight is 302 g/mol. The van der Waals surface area contributed by atoms with Crippen LogP contribution in [0, 0.1) is 17.5 Å². The molecular weight excluding hydrogens is 293 g/mol. The number of ether oxygens (including phenoxy) is 1. The van der Waals surface area contributed by atoms with Gasteiger partial charge in [0, 0.05) is 5.38 Å². The van der Waals surface area contributed by atoms with E-state index in [2.05, 4.69) is 10.3 Å². The molecule has 1 aromatic heterocycles. The second-order valence-electron chi connectivity index (χ2n) is 3.61. The standard InChI is InChI=1S/C12H9F3N2O2S/c1-2-19-11(18)8-5-20-12(17-8)16-7-4-3-6(13)9(14)10(7)15/h3-5H,2H2,1H3,(H,16,17). The fourth-order valence-corrected chi connectivity index (χ4v) is 2.06. The number of thiazole rings is 1. The highest BCUT2D eigenvalue weighted by Gasteiger charge is 2.16. The van der Waals surface area contributed by atoms with E-state index in [0.717, 1.165) is 23.5 Å². The van der Waals surface area contributed by atoms with Crippen LogP contribution in [0.3, 0.4) is 0 Å². The molecule has 0 fully saturated rings. The van der Waals surface area contributed by atoms with Gasteiger partial charge in [-0.3, -0.25) is 0 Å². The lowest BCUT2D eigenvalue weighted by molar-refractivity contribution is 0.0520. The summed E-state index contributed by atoms with van der Waals surface area (Å²) in [5, 5.41) is 4.06. The molecule has 2 aromatic rings. The van der Waals surface area contributed by atoms with Crippen molar-refractivity contribution in [2.75, 3.05) is 11.9 Å². The van der Waals surface area contributed by atoms with Gasteiger partial charge in [-0.2, -0.15) is 0 Å². The van der Waals surface area contributed by atoms with Crippen LogP contribution in [0.5, 0.6) is 0 Å². The first-order chi connectivity index (χ1) is 9.52. The Balaban J connectivity index is 2.19. The molecule has 0 aliphatic heterocycles. The number of nitrogens with one attached hydrogen (secondary N) is 1. The minimum Gasteiger partial charge on any atom is -0.461 e. The van der Waals surface area contributed by atoms with Gasteiger partial charge in [0.25, 0.3) is 0 Å². The van der Waals surface area contributed by atoms with E-state index in [1.807, 2.05) is 0 Å². The van der Waals surface area contributed by atoms with E-state index in [-0.39, 0.29) is 23.1 Å². The molecule has 0 amide bonds. The monoisotopic (exact) mass is 302 g/mol. The molecule has 0 atom stereocenters. The number of carbonyl (C=O) groups excluding carboxylic acids is 1. The summed E-state index contributed by atoms with van der Waals surface area (Å²) in [4.78, 5) is 15.3. The Morgan fingerprint density at radius 2 is 2.10 bits per heavy atom. The summed E-state index contributed by atoms with van der Waals surface area (Å²) in [6.07, 6.45) is 0. The number of aromatic nitrogens is 1. The van der Waals surface area contributed by atoms with E-state index in [1.54, 1.807) is 6.92 Å². The Kier molecular flexibility index (Phi) is 4.23. The molecular formula is C12H9F3N2O2S. The van der Waals surface area contributed by atoms with Gasteiger partial charge in [-0.1, -0.05) is 0 Å². The van der Waals surface area contributed by atoms with E-state index in [4.69, 9.17) is 4.74 Å². The highest BCUT2D eigenvalue weighted by molar-refractivity contribution is 7.14. The number of hydrogen-bond donors (Lipinski definition) is 1. The summed E-state index contributed by atoms with van der Waals surface area (Å²) in [7, 11) is 0. The molecule has 0 saturated carbocycles. The Hall–Kier alpha value is -2.09. The fourth-order valence-electron chi connectivity index (χ4n) is 1.37. The molecule has 106 valence electrons. The maximum absolute atomic E-state index is 13.4. The van der Waals surface area contributed by atoms with Crippen LogP contribution in [-0.2, 0) is 4.74 Å². The van der Waals surface area contributed by atoms with Crippen LogP contribution in [0.25, 0.3) is 0 Å². The third-order valence-electron chi connectivity index (χ3n) is 2.27. The van der Waals surface area contributed by atoms with E-state index in [0.29, 0.717) is 0 Å². The molecule has 0 aliphatic carbocycles. The number of hydrogen-bond acceptors (Lipinski definition) is 5. The average Bonchev–Trinajstić information content (AvgIpc) is 2.88. The van der Waals surface area contributed by atoms with Crippen molar-refractivity contribution in [3.63, 3.8) is 0 Å². The molecule has 0 aliphatic rings. The molecule has 0 bridgehead atoms. The summed E-state index contributed by atoms with van der Waals surface area (Å²) in [5.41, 5.74) is -0.212. The Morgan fingerprint density at radius 3 is 2.80 bits per heavy atom. The van der Waals surface area contributed by atoms with Gasteiger partial charge in [0.15, 0.2) is 28.3 Å². The van der Waals surface area contributed by atoms with Gasteiger partial charge < -0.3 is 10.1 Å². The lowest BCUT2D eigenvalue weighted by Crippen LogP contribution is -2.05. The second-order valence-corrected chi connectivity index (χ2v) is 4.46. The van der Waals surface area contributed by atoms with E-state index < -0.39 is 23.4 Å². The molecule has 4 nitrogen and oxygen atoms in total. The first-order valence-electron chi connectivity index (χ1n) is 5.56. The highest BCUT2D eigenvalue weighted by atomic mass is 32.1. The van der Waals surface area contributed by atoms with Crippen LogP contribution in [0.15, 0.2) is 17.5 Å². The van der Waals surface area contributed by atoms with Crippen molar-refractivity contribution in [1.29, 1.82) is 0 Å². The van der Waals surface area contributed by atoms with Crippen LogP contribution in [0.4, 0.5) is 24.0 Å². The van der Waals surface area contributed by atoms with Crippen molar-refractivity contribution < 1.29 is 22.7 Å². The van der Waals surface area contributed by atoms with Gasteiger partial charge in [0.1, 0.15) is 0 Å². The molecule has 1 aromatic carbocycles. The zero-order valence-corrected chi connectivity index (χ0v) is 11.1. The maximum Gasteiger partial charge on any atom is 0.357 e. The Bertz CT molecular complexity index is 646. The minimum absolute atomic E-state index is 0.0577. The van der Waals surface area contributed by atoms with Gasteiger partial charge >= 0.3 is 5.97 Å². The zero-order valence-electron chi connectivity index (χ0n) is 10.2. The number of halogens is 3. The van der Waals surface area contributed by atoms with Crippen LogP contribution in [0.1, 0.15) is 17.4 Å². The molecule has 2 rings (SSSR count). The fraction of sp³-hybridized carbons (Fsp3) is 0.167. The first kappa shape index (κ1) is 14.3. The van der Waals surface area contributed by atoms with Crippen LogP contribution >= 0.6 is 11.3 Å². The van der Waals surface area contributed by atoms with Crippen molar-refractivity contribution in [1.82, 2.24) is 4.98 Å². The lowest BCUT2D eigenvalue weighted by Gasteiger charge is -2.05. The number of carbonyl (C=O) groups is 1. The molecule has 0 spiro atoms. The quantitative estimate of drug-likeness (QED) is 0.694. The highest BCUT2D eigenvalue weighted by Crippen LogP contribution is 2.25. The van der Waals surface area contributed by atoms with Gasteiger partial charge in [-0.15, -0.1) is 11.3 Å². The predicted molar refractivity (Wildman–Crippen MR) is 67.7 cm³/mol. The van der Waals surface area contributed by atoms with Crippen LogP contribution in [0.2, 0.25) is 0 Å². The van der Waals surface area contributed by atoms with Crippen molar-refractivity contribution in [2.24, 2.45) is 0 Å². The van der Waals surface area contributed by atoms with E-state index >= 15 is 0 Å². The van der Waals surface area contributed by atoms with Crippen molar-refractivity contribution in [3.8, 4) is 0 Å². The SMILES string of the molecule is CCOC(=O)c1csc(Nc2ccc(F)c(F)c2F)n1. The van der Waals surface area contributed by atoms with Crippen LogP contribution < -0.4 is 5.32 Å². The third kappa shape index (κ3) is 2.90. The number of benzene rings is 1. The number of esters is 1. The van der Waals surface area contributed by atoms with Gasteiger partial charge in [-0.05, 0) is 19.1 Å². The van der Waals surface area contributed by atoms with Gasteiger partial charge in [0.05, 0.1) is 12.3 Å². The second kappa shape index (κ2) is 5.91. The number of rotatable bonds is 4. The molecule has 0 radical (unpaired) electrons. The number of nitrogens with zero attached hydrogens (tertiary/aromatic N) is 1. The number of anilines is 2. The Labute approximate surface area is 116 Å².